The predicted octanol–water partition coefficient (Wildman–Crippen LogP) is 3.59. The molecule has 0 spiro atoms. The van der Waals surface area contributed by atoms with Crippen molar-refractivity contribution in [2.24, 2.45) is 0 Å². The van der Waals surface area contributed by atoms with Gasteiger partial charge in [0.2, 0.25) is 5.91 Å². The van der Waals surface area contributed by atoms with Crippen LogP contribution >= 0.6 is 0 Å². The lowest BCUT2D eigenvalue weighted by molar-refractivity contribution is -0.141. The summed E-state index contributed by atoms with van der Waals surface area (Å²) in [7, 11) is -1.33. The maximum atomic E-state index is 13.1. The van der Waals surface area contributed by atoms with Crippen LogP contribution in [0.5, 0.6) is 0 Å². The summed E-state index contributed by atoms with van der Waals surface area (Å²) in [5.74, 6) is -2.03. The van der Waals surface area contributed by atoms with Crippen molar-refractivity contribution in [2.75, 3.05) is 5.75 Å². The Kier molecular flexibility index (Phi) is 7.51. The van der Waals surface area contributed by atoms with Crippen molar-refractivity contribution in [3.63, 3.8) is 0 Å². The van der Waals surface area contributed by atoms with E-state index in [2.05, 4.69) is 5.32 Å². The zero-order chi connectivity index (χ0) is 21.3. The molecule has 0 unspecified atom stereocenters. The summed E-state index contributed by atoms with van der Waals surface area (Å²) >= 11 is 0. The quantitative estimate of drug-likeness (QED) is 0.553. The number of benzene rings is 3. The molecule has 3 rings (SSSR count). The minimum Gasteiger partial charge on any atom is -0.480 e. The van der Waals surface area contributed by atoms with Gasteiger partial charge < -0.3 is 10.4 Å². The van der Waals surface area contributed by atoms with Gasteiger partial charge in [-0.1, -0.05) is 78.9 Å². The van der Waals surface area contributed by atoms with Crippen molar-refractivity contribution >= 4 is 22.7 Å². The average molecular weight is 422 g/mol. The summed E-state index contributed by atoms with van der Waals surface area (Å²) in [5.41, 5.74) is 1.55. The van der Waals surface area contributed by atoms with E-state index in [0.29, 0.717) is 4.90 Å². The van der Waals surface area contributed by atoms with Crippen molar-refractivity contribution < 1.29 is 18.9 Å². The van der Waals surface area contributed by atoms with Gasteiger partial charge in [-0.3, -0.25) is 9.00 Å². The van der Waals surface area contributed by atoms with Crippen LogP contribution in [0.25, 0.3) is 0 Å². The molecule has 3 aromatic rings. The number of carboxylic acid groups (broad SMARTS) is 1. The lowest BCUT2D eigenvalue weighted by Crippen LogP contribution is -2.44. The van der Waals surface area contributed by atoms with Crippen molar-refractivity contribution in [2.45, 2.75) is 23.3 Å². The molecule has 2 N–H and O–H groups in total. The molecule has 154 valence electrons. The molecule has 0 aliphatic carbocycles. The van der Waals surface area contributed by atoms with Gasteiger partial charge in [-0.2, -0.15) is 0 Å². The van der Waals surface area contributed by atoms with Gasteiger partial charge >= 0.3 is 5.97 Å². The van der Waals surface area contributed by atoms with Gasteiger partial charge in [0.25, 0.3) is 0 Å². The summed E-state index contributed by atoms with van der Waals surface area (Å²) < 4.78 is 12.4. The molecule has 0 aliphatic heterocycles. The fourth-order valence-corrected chi connectivity index (χ4v) is 4.36. The van der Waals surface area contributed by atoms with E-state index in [9.17, 15) is 18.9 Å². The third kappa shape index (κ3) is 5.64. The number of aliphatic carboxylic acids is 1. The Morgan fingerprint density at radius 2 is 1.27 bits per heavy atom. The highest BCUT2D eigenvalue weighted by Gasteiger charge is 2.28. The smallest absolute Gasteiger partial charge is 0.326 e. The number of carbonyl (C=O) groups is 2. The number of amides is 1. The molecule has 30 heavy (non-hydrogen) atoms. The number of hydrogen-bond donors (Lipinski definition) is 2. The molecule has 3 aromatic carbocycles. The Morgan fingerprint density at radius 1 is 0.800 bits per heavy atom. The zero-order valence-electron chi connectivity index (χ0n) is 16.3. The van der Waals surface area contributed by atoms with Gasteiger partial charge in [0.15, 0.2) is 0 Å². The van der Waals surface area contributed by atoms with E-state index in [1.807, 2.05) is 66.7 Å². The lowest BCUT2D eigenvalue weighted by Gasteiger charge is -2.21. The molecule has 0 aliphatic rings. The molecular formula is C24H23NO4S. The van der Waals surface area contributed by atoms with Crippen LogP contribution in [0.4, 0.5) is 0 Å². The number of carbonyl (C=O) groups excluding carboxylic acids is 1. The highest BCUT2D eigenvalue weighted by atomic mass is 32.2. The first-order chi connectivity index (χ1) is 14.6. The molecule has 0 aromatic heterocycles. The minimum absolute atomic E-state index is 0.0683. The minimum atomic E-state index is -1.33. The topological polar surface area (TPSA) is 83.5 Å². The highest BCUT2D eigenvalue weighted by Crippen LogP contribution is 2.25. The number of rotatable bonds is 9. The summed E-state index contributed by atoms with van der Waals surface area (Å²) in [4.78, 5) is 25.5. The van der Waals surface area contributed by atoms with Gasteiger partial charge in [-0.15, -0.1) is 0 Å². The Labute approximate surface area is 178 Å². The van der Waals surface area contributed by atoms with E-state index < -0.39 is 34.6 Å². The molecule has 5 nitrogen and oxygen atoms in total. The molecule has 6 heteroatoms. The fourth-order valence-electron chi connectivity index (χ4n) is 3.21. The molecule has 0 saturated heterocycles. The largest absolute Gasteiger partial charge is 0.480 e. The van der Waals surface area contributed by atoms with E-state index in [1.54, 1.807) is 24.3 Å². The van der Waals surface area contributed by atoms with Crippen LogP contribution in [0.2, 0.25) is 0 Å². The molecule has 0 fully saturated rings. The molecule has 2 atom stereocenters. The Hall–Kier alpha value is -3.25. The van der Waals surface area contributed by atoms with Crippen molar-refractivity contribution in [1.29, 1.82) is 0 Å². The van der Waals surface area contributed by atoms with Crippen molar-refractivity contribution in [1.82, 2.24) is 5.32 Å². The first-order valence-corrected chi connectivity index (χ1v) is 10.9. The summed E-state index contributed by atoms with van der Waals surface area (Å²) in [6.45, 7) is 0. The van der Waals surface area contributed by atoms with Gasteiger partial charge in [-0.25, -0.2) is 4.79 Å². The number of carboxylic acids is 1. The molecule has 0 heterocycles. The summed E-state index contributed by atoms with van der Waals surface area (Å²) in [5, 5.41) is 12.3. The Balaban J connectivity index is 1.75. The predicted molar refractivity (Wildman–Crippen MR) is 117 cm³/mol. The van der Waals surface area contributed by atoms with Crippen LogP contribution in [0.1, 0.15) is 23.5 Å². The monoisotopic (exact) mass is 421 g/mol. The van der Waals surface area contributed by atoms with Crippen LogP contribution < -0.4 is 5.32 Å². The normalized spacial score (nSPS) is 12.8. The van der Waals surface area contributed by atoms with Gasteiger partial charge in [0.05, 0.1) is 16.7 Å². The van der Waals surface area contributed by atoms with Crippen LogP contribution in [0.3, 0.4) is 0 Å². The van der Waals surface area contributed by atoms with Gasteiger partial charge in [-0.05, 0) is 29.7 Å². The van der Waals surface area contributed by atoms with Crippen molar-refractivity contribution in [3.05, 3.63) is 102 Å². The molecule has 0 radical (unpaired) electrons. The van der Waals surface area contributed by atoms with E-state index in [-0.39, 0.29) is 12.2 Å². The summed E-state index contributed by atoms with van der Waals surface area (Å²) in [6.07, 6.45) is 0.0683. The van der Waals surface area contributed by atoms with E-state index in [1.165, 1.54) is 0 Å². The van der Waals surface area contributed by atoms with E-state index in [0.717, 1.165) is 11.1 Å². The standard InChI is InChI=1S/C24H23NO4S/c26-23(22(18-10-4-1-5-11-18)19-12-6-2-7-13-19)25-21(24(27)28)16-17-30(29)20-14-8-3-9-15-20/h1-15,21-22H,16-17H2,(H,25,26)(H,27,28)/t21-,30+/m1/s1. The second-order valence-corrected chi connectivity index (χ2v) is 8.38. The molecule has 0 bridgehead atoms. The second kappa shape index (κ2) is 10.5. The molecule has 1 amide bonds. The maximum absolute atomic E-state index is 13.1. The fraction of sp³-hybridized carbons (Fsp3) is 0.167. The van der Waals surface area contributed by atoms with Gasteiger partial charge in [0, 0.05) is 10.6 Å². The third-order valence-corrected chi connectivity index (χ3v) is 6.15. The molecular weight excluding hydrogens is 398 g/mol. The van der Waals surface area contributed by atoms with Crippen LogP contribution in [0, 0.1) is 0 Å². The molecule has 0 saturated carbocycles. The van der Waals surface area contributed by atoms with E-state index in [4.69, 9.17) is 0 Å². The average Bonchev–Trinajstić information content (AvgIpc) is 2.78. The van der Waals surface area contributed by atoms with Crippen LogP contribution in [-0.2, 0) is 20.4 Å². The third-order valence-electron chi connectivity index (χ3n) is 4.74. The first-order valence-electron chi connectivity index (χ1n) is 9.62. The Bertz CT molecular complexity index is 954. The van der Waals surface area contributed by atoms with Crippen LogP contribution in [0.15, 0.2) is 95.9 Å². The van der Waals surface area contributed by atoms with Crippen molar-refractivity contribution in [3.8, 4) is 0 Å². The summed E-state index contributed by atoms with van der Waals surface area (Å²) in [6, 6.07) is 26.2. The lowest BCUT2D eigenvalue weighted by atomic mass is 9.90. The Morgan fingerprint density at radius 3 is 1.73 bits per heavy atom. The van der Waals surface area contributed by atoms with Gasteiger partial charge in [0.1, 0.15) is 6.04 Å². The van der Waals surface area contributed by atoms with E-state index >= 15 is 0 Å². The number of nitrogens with one attached hydrogen (secondary N) is 1. The zero-order valence-corrected chi connectivity index (χ0v) is 17.1. The SMILES string of the molecule is O=C(N[C@H](CC[S@](=O)c1ccccc1)C(=O)O)C(c1ccccc1)c1ccccc1. The number of hydrogen-bond acceptors (Lipinski definition) is 3. The maximum Gasteiger partial charge on any atom is 0.326 e. The highest BCUT2D eigenvalue weighted by molar-refractivity contribution is 7.85. The second-order valence-electron chi connectivity index (χ2n) is 6.81. The first kappa shape index (κ1) is 21.5. The van der Waals surface area contributed by atoms with Crippen LogP contribution in [-0.4, -0.2) is 33.0 Å².